The third kappa shape index (κ3) is 6.69. The number of carbonyl (C=O) groups excluding carboxylic acids is 2. The molecule has 1 fully saturated rings. The Morgan fingerprint density at radius 1 is 0.969 bits per heavy atom. The summed E-state index contributed by atoms with van der Waals surface area (Å²) in [5, 5.41) is 3.12. The van der Waals surface area contributed by atoms with E-state index in [-0.39, 0.29) is 17.7 Å². The van der Waals surface area contributed by atoms with Crippen LogP contribution in [0.4, 0.5) is 5.69 Å². The van der Waals surface area contributed by atoms with Crippen LogP contribution in [0.3, 0.4) is 0 Å². The largest absolute Gasteiger partial charge is 0.354 e. The zero-order valence-electron chi connectivity index (χ0n) is 20.3. The molecular weight excluding hydrogens is 396 g/mol. The monoisotopic (exact) mass is 436 g/mol. The summed E-state index contributed by atoms with van der Waals surface area (Å²) < 4.78 is 0. The summed E-state index contributed by atoms with van der Waals surface area (Å²) >= 11 is 0. The summed E-state index contributed by atoms with van der Waals surface area (Å²) in [4.78, 5) is 29.0. The first kappa shape index (κ1) is 25.6. The van der Waals surface area contributed by atoms with E-state index in [9.17, 15) is 9.59 Å². The van der Waals surface area contributed by atoms with Crippen LogP contribution in [0.2, 0.25) is 0 Å². The van der Waals surface area contributed by atoms with Crippen molar-refractivity contribution < 1.29 is 9.59 Å². The summed E-state index contributed by atoms with van der Waals surface area (Å²) in [6.45, 7) is 8.72. The molecule has 1 atom stereocenters. The number of benzene rings is 2. The third-order valence-corrected chi connectivity index (χ3v) is 6.10. The number of nitrogens with one attached hydrogen (secondary N) is 1. The first-order valence-corrected chi connectivity index (χ1v) is 12.4. The molecule has 1 saturated carbocycles. The lowest BCUT2D eigenvalue weighted by Gasteiger charge is -2.38. The van der Waals surface area contributed by atoms with Gasteiger partial charge in [0.2, 0.25) is 5.91 Å². The van der Waals surface area contributed by atoms with E-state index in [4.69, 9.17) is 0 Å². The van der Waals surface area contributed by atoms with Gasteiger partial charge in [-0.15, -0.1) is 0 Å². The van der Waals surface area contributed by atoms with Crippen LogP contribution in [0.25, 0.3) is 0 Å². The Kier molecular flexibility index (Phi) is 11.0. The maximum atomic E-state index is 13.8. The van der Waals surface area contributed by atoms with Crippen LogP contribution in [0, 0.1) is 12.8 Å². The topological polar surface area (TPSA) is 49.4 Å². The quantitative estimate of drug-likeness (QED) is 0.478. The normalized spacial score (nSPS) is 14.6. The summed E-state index contributed by atoms with van der Waals surface area (Å²) in [5.41, 5.74) is 2.37. The summed E-state index contributed by atoms with van der Waals surface area (Å²) in [6.07, 6.45) is 7.37. The Bertz CT molecular complexity index is 828. The van der Waals surface area contributed by atoms with Crippen molar-refractivity contribution >= 4 is 17.5 Å². The molecule has 1 unspecified atom stereocenters. The second-order valence-corrected chi connectivity index (χ2v) is 8.31. The minimum absolute atomic E-state index is 0.0267. The van der Waals surface area contributed by atoms with Gasteiger partial charge in [0, 0.05) is 17.8 Å². The fourth-order valence-electron chi connectivity index (χ4n) is 4.42. The van der Waals surface area contributed by atoms with Crippen molar-refractivity contribution in [2.75, 3.05) is 11.4 Å². The molecule has 2 aromatic carbocycles. The lowest BCUT2D eigenvalue weighted by molar-refractivity contribution is -0.123. The minimum Gasteiger partial charge on any atom is -0.354 e. The van der Waals surface area contributed by atoms with E-state index < -0.39 is 6.04 Å². The molecule has 174 valence electrons. The minimum atomic E-state index is -0.489. The average Bonchev–Trinajstić information content (AvgIpc) is 2.85. The molecule has 2 amide bonds. The molecule has 3 rings (SSSR count). The SMILES string of the molecule is CC.CCCCNC(=O)C(C1CCCCC1)N(C(=O)c1ccccc1C)c1ccccc1. The van der Waals surface area contributed by atoms with Gasteiger partial charge in [-0.3, -0.25) is 14.5 Å². The van der Waals surface area contributed by atoms with E-state index in [0.29, 0.717) is 12.1 Å². The molecule has 1 N–H and O–H groups in total. The zero-order valence-corrected chi connectivity index (χ0v) is 20.3. The molecule has 2 aromatic rings. The molecule has 0 radical (unpaired) electrons. The molecule has 0 saturated heterocycles. The van der Waals surface area contributed by atoms with Gasteiger partial charge < -0.3 is 5.32 Å². The average molecular weight is 437 g/mol. The predicted molar refractivity (Wildman–Crippen MR) is 134 cm³/mol. The van der Waals surface area contributed by atoms with Crippen LogP contribution in [0.15, 0.2) is 54.6 Å². The number of carbonyl (C=O) groups is 2. The molecule has 0 aliphatic heterocycles. The number of anilines is 1. The second kappa shape index (κ2) is 13.7. The Morgan fingerprint density at radius 2 is 1.59 bits per heavy atom. The molecule has 1 aliphatic carbocycles. The highest BCUT2D eigenvalue weighted by atomic mass is 16.2. The highest BCUT2D eigenvalue weighted by Crippen LogP contribution is 2.33. The molecule has 4 nitrogen and oxygen atoms in total. The van der Waals surface area contributed by atoms with Gasteiger partial charge in [0.05, 0.1) is 0 Å². The van der Waals surface area contributed by atoms with E-state index in [1.165, 1.54) is 6.42 Å². The number of amides is 2. The first-order valence-electron chi connectivity index (χ1n) is 12.4. The van der Waals surface area contributed by atoms with Gasteiger partial charge in [-0.05, 0) is 55.9 Å². The Balaban J connectivity index is 0.00000176. The molecule has 0 spiro atoms. The van der Waals surface area contributed by atoms with E-state index in [1.807, 2.05) is 75.4 Å². The van der Waals surface area contributed by atoms with Gasteiger partial charge in [-0.1, -0.05) is 82.9 Å². The van der Waals surface area contributed by atoms with Crippen LogP contribution >= 0.6 is 0 Å². The number of aryl methyl sites for hydroxylation is 1. The van der Waals surface area contributed by atoms with Crippen LogP contribution in [-0.2, 0) is 4.79 Å². The van der Waals surface area contributed by atoms with E-state index in [0.717, 1.165) is 49.8 Å². The number of unbranched alkanes of at least 4 members (excludes halogenated alkanes) is 1. The van der Waals surface area contributed by atoms with Crippen LogP contribution in [0.1, 0.15) is 81.6 Å². The smallest absolute Gasteiger partial charge is 0.259 e. The fourth-order valence-corrected chi connectivity index (χ4v) is 4.42. The molecule has 0 bridgehead atoms. The maximum absolute atomic E-state index is 13.8. The highest BCUT2D eigenvalue weighted by molar-refractivity contribution is 6.10. The van der Waals surface area contributed by atoms with Gasteiger partial charge in [0.1, 0.15) is 6.04 Å². The standard InChI is InChI=1S/C26H34N2O2.C2H6/c1-3-4-19-27-25(29)24(21-14-7-5-8-15-21)28(22-16-9-6-10-17-22)26(30)23-18-12-11-13-20(23)2;1-2/h6,9-13,16-18,21,24H,3-5,7-8,14-15,19H2,1-2H3,(H,27,29);1-2H3. The van der Waals surface area contributed by atoms with Crippen molar-refractivity contribution in [2.45, 2.75) is 78.7 Å². The maximum Gasteiger partial charge on any atom is 0.259 e. The first-order chi connectivity index (χ1) is 15.6. The number of para-hydroxylation sites is 1. The fraction of sp³-hybridized carbons (Fsp3) is 0.500. The Hall–Kier alpha value is -2.62. The van der Waals surface area contributed by atoms with E-state index in [1.54, 1.807) is 4.90 Å². The van der Waals surface area contributed by atoms with Crippen molar-refractivity contribution in [1.82, 2.24) is 5.32 Å². The van der Waals surface area contributed by atoms with Gasteiger partial charge in [-0.2, -0.15) is 0 Å². The Morgan fingerprint density at radius 3 is 2.22 bits per heavy atom. The van der Waals surface area contributed by atoms with Crippen molar-refractivity contribution in [2.24, 2.45) is 5.92 Å². The van der Waals surface area contributed by atoms with Crippen LogP contribution < -0.4 is 10.2 Å². The van der Waals surface area contributed by atoms with Gasteiger partial charge in [-0.25, -0.2) is 0 Å². The van der Waals surface area contributed by atoms with E-state index >= 15 is 0 Å². The third-order valence-electron chi connectivity index (χ3n) is 6.10. The summed E-state index contributed by atoms with van der Waals surface area (Å²) in [6, 6.07) is 16.8. The number of hydrogen-bond acceptors (Lipinski definition) is 2. The van der Waals surface area contributed by atoms with Crippen molar-refractivity contribution in [1.29, 1.82) is 0 Å². The molecule has 0 aromatic heterocycles. The molecule has 1 aliphatic rings. The number of hydrogen-bond donors (Lipinski definition) is 1. The van der Waals surface area contributed by atoms with Crippen molar-refractivity contribution in [3.8, 4) is 0 Å². The Labute approximate surface area is 194 Å². The molecule has 32 heavy (non-hydrogen) atoms. The zero-order chi connectivity index (χ0) is 23.3. The lowest BCUT2D eigenvalue weighted by atomic mass is 9.82. The molecular formula is C28H40N2O2. The van der Waals surface area contributed by atoms with Gasteiger partial charge in [0.25, 0.3) is 5.91 Å². The van der Waals surface area contributed by atoms with E-state index in [2.05, 4.69) is 12.2 Å². The molecule has 4 heteroatoms. The summed E-state index contributed by atoms with van der Waals surface area (Å²) in [5.74, 6) is 0.0511. The second-order valence-electron chi connectivity index (χ2n) is 8.31. The lowest BCUT2D eigenvalue weighted by Crippen LogP contribution is -2.54. The summed E-state index contributed by atoms with van der Waals surface area (Å²) in [7, 11) is 0. The highest BCUT2D eigenvalue weighted by Gasteiger charge is 2.38. The number of rotatable bonds is 8. The van der Waals surface area contributed by atoms with Crippen LogP contribution in [0.5, 0.6) is 0 Å². The predicted octanol–water partition coefficient (Wildman–Crippen LogP) is 6.53. The number of nitrogens with zero attached hydrogens (tertiary/aromatic N) is 1. The van der Waals surface area contributed by atoms with Gasteiger partial charge >= 0.3 is 0 Å². The van der Waals surface area contributed by atoms with Crippen LogP contribution in [-0.4, -0.2) is 24.4 Å². The van der Waals surface area contributed by atoms with Gasteiger partial charge in [0.15, 0.2) is 0 Å². The van der Waals surface area contributed by atoms with Crippen molar-refractivity contribution in [3.63, 3.8) is 0 Å². The molecule has 0 heterocycles. The van der Waals surface area contributed by atoms with Crippen molar-refractivity contribution in [3.05, 3.63) is 65.7 Å².